The van der Waals surface area contributed by atoms with E-state index in [4.69, 9.17) is 4.98 Å². The minimum Gasteiger partial charge on any atom is -0.345 e. The smallest absolute Gasteiger partial charge is 0.114 e. The molecule has 1 aromatic heterocycles. The fourth-order valence-electron chi connectivity index (χ4n) is 2.77. The molecular weight excluding hydrogens is 234 g/mol. The fourth-order valence-corrected chi connectivity index (χ4v) is 2.77. The van der Waals surface area contributed by atoms with E-state index in [9.17, 15) is 0 Å². The van der Waals surface area contributed by atoms with Crippen LogP contribution >= 0.6 is 0 Å². The molecule has 0 radical (unpaired) electrons. The lowest BCUT2D eigenvalue weighted by Gasteiger charge is -2.10. The van der Waals surface area contributed by atoms with Crippen molar-refractivity contribution < 1.29 is 0 Å². The second kappa shape index (κ2) is 4.49. The normalized spacial score (nSPS) is 16.6. The van der Waals surface area contributed by atoms with Crippen molar-refractivity contribution >= 4 is 0 Å². The van der Waals surface area contributed by atoms with Gasteiger partial charge in [0.15, 0.2) is 0 Å². The molecule has 100 valence electrons. The first-order chi connectivity index (χ1) is 9.14. The Balaban J connectivity index is 1.98. The van der Waals surface area contributed by atoms with Crippen molar-refractivity contribution in [1.82, 2.24) is 15.3 Å². The van der Waals surface area contributed by atoms with E-state index in [1.54, 1.807) is 0 Å². The highest BCUT2D eigenvalue weighted by atomic mass is 15.0. The Hall–Kier alpha value is -1.61. The molecule has 1 saturated carbocycles. The van der Waals surface area contributed by atoms with E-state index >= 15 is 0 Å². The number of rotatable bonds is 4. The van der Waals surface area contributed by atoms with Crippen LogP contribution in [0.5, 0.6) is 0 Å². The summed E-state index contributed by atoms with van der Waals surface area (Å²) in [4.78, 5) is 8.38. The maximum atomic E-state index is 4.88. The maximum Gasteiger partial charge on any atom is 0.114 e. The van der Waals surface area contributed by atoms with Gasteiger partial charge in [-0.3, -0.25) is 0 Å². The van der Waals surface area contributed by atoms with Crippen LogP contribution < -0.4 is 5.32 Å². The summed E-state index contributed by atoms with van der Waals surface area (Å²) in [5.41, 5.74) is 5.00. The molecule has 1 heterocycles. The minimum atomic E-state index is 0.252. The Bertz CT molecular complexity index is 594. The fraction of sp³-hybridized carbons (Fsp3) is 0.438. The van der Waals surface area contributed by atoms with Crippen LogP contribution in [0.1, 0.15) is 29.9 Å². The van der Waals surface area contributed by atoms with Gasteiger partial charge < -0.3 is 10.3 Å². The number of nitrogens with one attached hydrogen (secondary N) is 2. The standard InChI is InChI=1S/C16H21N3/c1-11-5-4-6-13(9-11)14-12(2)18-15(19-14)16(7-8-16)10-17-3/h4-6,9,17H,7-8,10H2,1-3H3,(H,18,19). The lowest BCUT2D eigenvalue weighted by Crippen LogP contribution is -2.24. The Morgan fingerprint density at radius 1 is 1.32 bits per heavy atom. The van der Waals surface area contributed by atoms with E-state index < -0.39 is 0 Å². The van der Waals surface area contributed by atoms with Crippen molar-refractivity contribution in [2.75, 3.05) is 13.6 Å². The van der Waals surface area contributed by atoms with Crippen molar-refractivity contribution in [2.24, 2.45) is 0 Å². The van der Waals surface area contributed by atoms with Gasteiger partial charge in [-0.1, -0.05) is 23.8 Å². The number of nitrogens with zero attached hydrogens (tertiary/aromatic N) is 1. The molecule has 0 aliphatic heterocycles. The first-order valence-electron chi connectivity index (χ1n) is 6.93. The average Bonchev–Trinajstić information content (AvgIpc) is 3.05. The Morgan fingerprint density at radius 3 is 2.74 bits per heavy atom. The zero-order valence-corrected chi connectivity index (χ0v) is 11.9. The molecule has 19 heavy (non-hydrogen) atoms. The molecule has 0 bridgehead atoms. The van der Waals surface area contributed by atoms with Crippen LogP contribution in [0.2, 0.25) is 0 Å². The quantitative estimate of drug-likeness (QED) is 0.882. The SMILES string of the molecule is CNCC1(c2nc(-c3cccc(C)c3)c(C)[nH]2)CC1. The van der Waals surface area contributed by atoms with E-state index in [-0.39, 0.29) is 5.41 Å². The molecule has 1 aliphatic rings. The van der Waals surface area contributed by atoms with Gasteiger partial charge in [0.05, 0.1) is 5.69 Å². The summed E-state index contributed by atoms with van der Waals surface area (Å²) in [6.45, 7) is 5.24. The number of likely N-dealkylation sites (N-methyl/N-ethyl adjacent to an activating group) is 1. The van der Waals surface area contributed by atoms with Gasteiger partial charge in [0.1, 0.15) is 5.82 Å². The van der Waals surface area contributed by atoms with E-state index in [0.29, 0.717) is 0 Å². The number of H-pyrrole nitrogens is 1. The first kappa shape index (κ1) is 12.4. The van der Waals surface area contributed by atoms with Gasteiger partial charge in [0.2, 0.25) is 0 Å². The number of hydrogen-bond donors (Lipinski definition) is 2. The number of aromatic nitrogens is 2. The molecule has 3 nitrogen and oxygen atoms in total. The molecule has 0 amide bonds. The van der Waals surface area contributed by atoms with Crippen molar-refractivity contribution in [3.8, 4) is 11.3 Å². The van der Waals surface area contributed by atoms with Gasteiger partial charge in [-0.15, -0.1) is 0 Å². The summed E-state index contributed by atoms with van der Waals surface area (Å²) in [6.07, 6.45) is 2.46. The summed E-state index contributed by atoms with van der Waals surface area (Å²) in [6, 6.07) is 8.55. The molecule has 0 spiro atoms. The van der Waals surface area contributed by atoms with E-state index in [1.165, 1.54) is 29.7 Å². The molecule has 1 aliphatic carbocycles. The first-order valence-corrected chi connectivity index (χ1v) is 6.93. The predicted octanol–water partition coefficient (Wildman–Crippen LogP) is 2.94. The summed E-state index contributed by atoms with van der Waals surface area (Å²) < 4.78 is 0. The second-order valence-corrected chi connectivity index (χ2v) is 5.74. The maximum absolute atomic E-state index is 4.88. The third-order valence-electron chi connectivity index (χ3n) is 4.05. The van der Waals surface area contributed by atoms with E-state index in [2.05, 4.69) is 48.4 Å². The monoisotopic (exact) mass is 255 g/mol. The topological polar surface area (TPSA) is 40.7 Å². The lowest BCUT2D eigenvalue weighted by atomic mass is 10.1. The van der Waals surface area contributed by atoms with Crippen LogP contribution in [0.15, 0.2) is 24.3 Å². The van der Waals surface area contributed by atoms with Crippen molar-refractivity contribution in [2.45, 2.75) is 32.1 Å². The van der Waals surface area contributed by atoms with Crippen LogP contribution in [0.25, 0.3) is 11.3 Å². The van der Waals surface area contributed by atoms with Crippen LogP contribution in [-0.4, -0.2) is 23.6 Å². The highest BCUT2D eigenvalue weighted by Gasteiger charge is 2.46. The Kier molecular flexibility index (Phi) is 2.94. The second-order valence-electron chi connectivity index (χ2n) is 5.74. The zero-order valence-electron chi connectivity index (χ0n) is 11.9. The number of hydrogen-bond acceptors (Lipinski definition) is 2. The largest absolute Gasteiger partial charge is 0.345 e. The van der Waals surface area contributed by atoms with E-state index in [0.717, 1.165) is 18.1 Å². The highest BCUT2D eigenvalue weighted by Crippen LogP contribution is 2.47. The summed E-state index contributed by atoms with van der Waals surface area (Å²) in [7, 11) is 2.01. The van der Waals surface area contributed by atoms with Gasteiger partial charge in [-0.05, 0) is 39.8 Å². The molecule has 0 atom stereocenters. The zero-order chi connectivity index (χ0) is 13.5. The molecule has 1 aromatic carbocycles. The van der Waals surface area contributed by atoms with E-state index in [1.807, 2.05) is 7.05 Å². The molecule has 3 heteroatoms. The van der Waals surface area contributed by atoms with Gasteiger partial charge in [-0.25, -0.2) is 4.98 Å². The van der Waals surface area contributed by atoms with Crippen molar-refractivity contribution in [3.63, 3.8) is 0 Å². The number of benzene rings is 1. The van der Waals surface area contributed by atoms with Crippen molar-refractivity contribution in [3.05, 3.63) is 41.3 Å². The third-order valence-corrected chi connectivity index (χ3v) is 4.05. The molecule has 2 aromatic rings. The molecule has 0 unspecified atom stereocenters. The van der Waals surface area contributed by atoms with Crippen LogP contribution in [0, 0.1) is 13.8 Å². The van der Waals surface area contributed by atoms with Crippen LogP contribution in [0.4, 0.5) is 0 Å². The van der Waals surface area contributed by atoms with Gasteiger partial charge in [0.25, 0.3) is 0 Å². The predicted molar refractivity (Wildman–Crippen MR) is 78.3 cm³/mol. The minimum absolute atomic E-state index is 0.252. The van der Waals surface area contributed by atoms with Crippen molar-refractivity contribution in [1.29, 1.82) is 0 Å². The Labute approximate surface area is 114 Å². The van der Waals surface area contributed by atoms with Gasteiger partial charge in [0, 0.05) is 23.2 Å². The molecule has 0 saturated heterocycles. The van der Waals surface area contributed by atoms with Crippen LogP contribution in [-0.2, 0) is 5.41 Å². The molecule has 3 rings (SSSR count). The summed E-state index contributed by atoms with van der Waals surface area (Å²) in [5.74, 6) is 1.15. The third kappa shape index (κ3) is 2.19. The lowest BCUT2D eigenvalue weighted by molar-refractivity contribution is 0.593. The Morgan fingerprint density at radius 2 is 2.11 bits per heavy atom. The summed E-state index contributed by atoms with van der Waals surface area (Å²) in [5, 5.41) is 3.29. The highest BCUT2D eigenvalue weighted by molar-refractivity contribution is 5.63. The number of imidazole rings is 1. The molecular formula is C16H21N3. The molecule has 1 fully saturated rings. The molecule has 2 N–H and O–H groups in total. The van der Waals surface area contributed by atoms with Gasteiger partial charge in [-0.2, -0.15) is 0 Å². The van der Waals surface area contributed by atoms with Crippen LogP contribution in [0.3, 0.4) is 0 Å². The number of aryl methyl sites for hydroxylation is 2. The summed E-state index contributed by atoms with van der Waals surface area (Å²) >= 11 is 0. The number of aromatic amines is 1. The average molecular weight is 255 g/mol. The van der Waals surface area contributed by atoms with Gasteiger partial charge >= 0.3 is 0 Å².